The number of rotatable bonds is 6. The summed E-state index contributed by atoms with van der Waals surface area (Å²) in [6.07, 6.45) is 1.73. The van der Waals surface area contributed by atoms with Crippen molar-refractivity contribution in [2.75, 3.05) is 25.2 Å². The lowest BCUT2D eigenvalue weighted by Crippen LogP contribution is -2.22. The Morgan fingerprint density at radius 1 is 1.07 bits per heavy atom. The number of thioether (sulfide) groups is 1. The number of amides is 1. The van der Waals surface area contributed by atoms with Crippen molar-refractivity contribution in [3.8, 4) is 0 Å². The molecule has 6 nitrogen and oxygen atoms in total. The monoisotopic (exact) mass is 401 g/mol. The maximum atomic E-state index is 12.2. The molecule has 0 radical (unpaired) electrons. The first-order valence-corrected chi connectivity index (χ1v) is 10.6. The lowest BCUT2D eigenvalue weighted by molar-refractivity contribution is -0.113. The summed E-state index contributed by atoms with van der Waals surface area (Å²) in [4.78, 5) is 17.7. The molecule has 0 aliphatic heterocycles. The number of nitrogens with zero attached hydrogens (tertiary/aromatic N) is 2. The Morgan fingerprint density at radius 3 is 2.48 bits per heavy atom. The molecule has 0 saturated carbocycles. The minimum absolute atomic E-state index is 0.170. The molecule has 1 N–H and O–H groups in total. The van der Waals surface area contributed by atoms with E-state index in [1.165, 1.54) is 38.0 Å². The van der Waals surface area contributed by atoms with E-state index in [1.807, 2.05) is 30.3 Å². The maximum Gasteiger partial charge on any atom is 0.242 e. The predicted molar refractivity (Wildman–Crippen MR) is 108 cm³/mol. The van der Waals surface area contributed by atoms with Crippen LogP contribution in [0.25, 0.3) is 10.9 Å². The van der Waals surface area contributed by atoms with Crippen LogP contribution < -0.4 is 5.32 Å². The molecule has 27 heavy (non-hydrogen) atoms. The number of para-hydroxylation sites is 1. The van der Waals surface area contributed by atoms with Crippen molar-refractivity contribution in [3.63, 3.8) is 0 Å². The smallest absolute Gasteiger partial charge is 0.242 e. The number of sulfonamides is 1. The van der Waals surface area contributed by atoms with Gasteiger partial charge in [0.05, 0.1) is 16.2 Å². The standard InChI is InChI=1S/C19H19N3O3S2/c1-22(2)27(24,25)16-10-8-15(9-11-16)21-18(23)13-26-17-7-3-5-14-6-4-12-20-19(14)17/h3-12H,13H2,1-2H3,(H,21,23). The number of nitrogens with one attached hydrogen (secondary N) is 1. The van der Waals surface area contributed by atoms with Gasteiger partial charge in [0.1, 0.15) is 0 Å². The van der Waals surface area contributed by atoms with E-state index in [0.29, 0.717) is 5.69 Å². The molecule has 140 valence electrons. The molecule has 0 atom stereocenters. The predicted octanol–water partition coefficient (Wildman–Crippen LogP) is 3.22. The maximum absolute atomic E-state index is 12.2. The van der Waals surface area contributed by atoms with Crippen molar-refractivity contribution < 1.29 is 13.2 Å². The number of hydrogen-bond acceptors (Lipinski definition) is 5. The molecular formula is C19H19N3O3S2. The number of benzene rings is 2. The highest BCUT2D eigenvalue weighted by Crippen LogP contribution is 2.26. The molecule has 1 aromatic heterocycles. The van der Waals surface area contributed by atoms with Crippen molar-refractivity contribution in [3.05, 3.63) is 60.8 Å². The van der Waals surface area contributed by atoms with Crippen LogP contribution in [-0.2, 0) is 14.8 Å². The Kier molecular flexibility index (Phi) is 5.79. The minimum atomic E-state index is -3.48. The molecule has 8 heteroatoms. The van der Waals surface area contributed by atoms with Crippen LogP contribution in [0.4, 0.5) is 5.69 Å². The van der Waals surface area contributed by atoms with Crippen LogP contribution >= 0.6 is 11.8 Å². The fraction of sp³-hybridized carbons (Fsp3) is 0.158. The summed E-state index contributed by atoms with van der Waals surface area (Å²) in [5.41, 5.74) is 1.42. The minimum Gasteiger partial charge on any atom is -0.325 e. The normalized spacial score (nSPS) is 11.7. The van der Waals surface area contributed by atoms with Gasteiger partial charge in [0.25, 0.3) is 0 Å². The van der Waals surface area contributed by atoms with Crippen LogP contribution in [0, 0.1) is 0 Å². The van der Waals surface area contributed by atoms with Crippen LogP contribution in [0.15, 0.2) is 70.6 Å². The van der Waals surface area contributed by atoms with Gasteiger partial charge in [-0.25, -0.2) is 12.7 Å². The molecule has 0 aliphatic carbocycles. The van der Waals surface area contributed by atoms with E-state index in [4.69, 9.17) is 0 Å². The summed E-state index contributed by atoms with van der Waals surface area (Å²) >= 11 is 1.41. The van der Waals surface area contributed by atoms with Crippen LogP contribution in [0.5, 0.6) is 0 Å². The zero-order valence-electron chi connectivity index (χ0n) is 14.9. The number of anilines is 1. The quantitative estimate of drug-likeness (QED) is 0.642. The highest BCUT2D eigenvalue weighted by molar-refractivity contribution is 8.00. The van der Waals surface area contributed by atoms with Gasteiger partial charge in [0, 0.05) is 36.3 Å². The Hall–Kier alpha value is -2.42. The van der Waals surface area contributed by atoms with Crippen molar-refractivity contribution in [1.29, 1.82) is 0 Å². The van der Waals surface area contributed by atoms with Gasteiger partial charge in [0.2, 0.25) is 15.9 Å². The van der Waals surface area contributed by atoms with Gasteiger partial charge in [-0.05, 0) is 36.4 Å². The van der Waals surface area contributed by atoms with Gasteiger partial charge in [-0.1, -0.05) is 18.2 Å². The molecule has 0 saturated heterocycles. The topological polar surface area (TPSA) is 79.4 Å². The third kappa shape index (κ3) is 4.47. The number of fused-ring (bicyclic) bond motifs is 1. The molecule has 1 amide bonds. The summed E-state index contributed by atoms with van der Waals surface area (Å²) in [7, 11) is -0.526. The summed E-state index contributed by atoms with van der Waals surface area (Å²) in [5, 5.41) is 3.81. The van der Waals surface area contributed by atoms with Gasteiger partial charge in [-0.3, -0.25) is 9.78 Å². The largest absolute Gasteiger partial charge is 0.325 e. The summed E-state index contributed by atoms with van der Waals surface area (Å²) in [6.45, 7) is 0. The van der Waals surface area contributed by atoms with E-state index in [0.717, 1.165) is 20.1 Å². The second-order valence-corrected chi connectivity index (χ2v) is 9.15. The Bertz CT molecular complexity index is 1060. The molecule has 3 rings (SSSR count). The fourth-order valence-electron chi connectivity index (χ4n) is 2.45. The van der Waals surface area contributed by atoms with Gasteiger partial charge in [-0.15, -0.1) is 11.8 Å². The average molecular weight is 402 g/mol. The molecule has 2 aromatic carbocycles. The lowest BCUT2D eigenvalue weighted by Gasteiger charge is -2.12. The fourth-order valence-corrected chi connectivity index (χ4v) is 4.20. The number of aromatic nitrogens is 1. The second kappa shape index (κ2) is 8.08. The first-order valence-electron chi connectivity index (χ1n) is 8.17. The zero-order chi connectivity index (χ0) is 19.4. The van der Waals surface area contributed by atoms with Gasteiger partial charge in [-0.2, -0.15) is 0 Å². The Balaban J connectivity index is 1.64. The van der Waals surface area contributed by atoms with Crippen molar-refractivity contribution in [2.24, 2.45) is 0 Å². The summed E-state index contributed by atoms with van der Waals surface area (Å²) in [6, 6.07) is 15.8. The van der Waals surface area contributed by atoms with E-state index in [-0.39, 0.29) is 16.6 Å². The second-order valence-electron chi connectivity index (χ2n) is 5.98. The van der Waals surface area contributed by atoms with Gasteiger partial charge < -0.3 is 5.32 Å². The summed E-state index contributed by atoms with van der Waals surface area (Å²) < 4.78 is 25.3. The van der Waals surface area contributed by atoms with Crippen LogP contribution in [0.2, 0.25) is 0 Å². The molecule has 0 aliphatic rings. The van der Waals surface area contributed by atoms with Gasteiger partial charge in [0.15, 0.2) is 0 Å². The number of carbonyl (C=O) groups excluding carboxylic acids is 1. The van der Waals surface area contributed by atoms with Crippen LogP contribution in [0.1, 0.15) is 0 Å². The molecule has 0 bridgehead atoms. The highest BCUT2D eigenvalue weighted by Gasteiger charge is 2.16. The molecule has 0 fully saturated rings. The van der Waals surface area contributed by atoms with Gasteiger partial charge >= 0.3 is 0 Å². The van der Waals surface area contributed by atoms with Crippen molar-refractivity contribution in [2.45, 2.75) is 9.79 Å². The number of pyridine rings is 1. The SMILES string of the molecule is CN(C)S(=O)(=O)c1ccc(NC(=O)CSc2cccc3cccnc23)cc1. The Labute approximate surface area is 162 Å². The summed E-state index contributed by atoms with van der Waals surface area (Å²) in [5.74, 6) is 0.0594. The molecule has 0 spiro atoms. The van der Waals surface area contributed by atoms with Crippen LogP contribution in [-0.4, -0.2) is 43.5 Å². The van der Waals surface area contributed by atoms with E-state index < -0.39 is 10.0 Å². The number of carbonyl (C=O) groups is 1. The molecular weight excluding hydrogens is 382 g/mol. The molecule has 3 aromatic rings. The van der Waals surface area contributed by atoms with Crippen molar-refractivity contribution >= 4 is 44.3 Å². The third-order valence-corrected chi connectivity index (χ3v) is 6.75. The first kappa shape index (κ1) is 19.3. The third-order valence-electron chi connectivity index (χ3n) is 3.87. The van der Waals surface area contributed by atoms with Crippen LogP contribution in [0.3, 0.4) is 0 Å². The molecule has 1 heterocycles. The average Bonchev–Trinajstić information content (AvgIpc) is 2.66. The Morgan fingerprint density at radius 2 is 1.78 bits per heavy atom. The number of hydrogen-bond donors (Lipinski definition) is 1. The van der Waals surface area contributed by atoms with E-state index in [9.17, 15) is 13.2 Å². The lowest BCUT2D eigenvalue weighted by atomic mass is 10.2. The van der Waals surface area contributed by atoms with Crippen molar-refractivity contribution in [1.82, 2.24) is 9.29 Å². The van der Waals surface area contributed by atoms with E-state index in [1.54, 1.807) is 18.3 Å². The van der Waals surface area contributed by atoms with E-state index in [2.05, 4.69) is 10.3 Å². The van der Waals surface area contributed by atoms with E-state index >= 15 is 0 Å². The molecule has 0 unspecified atom stereocenters. The zero-order valence-corrected chi connectivity index (χ0v) is 16.5. The highest BCUT2D eigenvalue weighted by atomic mass is 32.2. The first-order chi connectivity index (χ1) is 12.9.